The van der Waals surface area contributed by atoms with Crippen molar-refractivity contribution in [1.82, 2.24) is 5.32 Å². The van der Waals surface area contributed by atoms with Crippen LogP contribution in [-0.2, 0) is 14.3 Å². The second kappa shape index (κ2) is 8.84. The van der Waals surface area contributed by atoms with E-state index in [2.05, 4.69) is 10.6 Å². The summed E-state index contributed by atoms with van der Waals surface area (Å²) in [4.78, 5) is 25.2. The minimum absolute atomic E-state index is 0.0292. The number of hydrogen-bond acceptors (Lipinski definition) is 4. The molecule has 2 amide bonds. The maximum Gasteiger partial charge on any atom is 0.258 e. The van der Waals surface area contributed by atoms with E-state index in [1.807, 2.05) is 0 Å². The fraction of sp³-hybridized carbons (Fsp3) is 0.364. The SMILES string of the molecule is O=C(COc1ccc(Cl)c(F)c1)NC12CCC(C(=O)Nc3ccc(Cl)c(F)c3)(CC1)OC2. The highest BCUT2D eigenvalue weighted by molar-refractivity contribution is 6.31. The first-order chi connectivity index (χ1) is 15.2. The van der Waals surface area contributed by atoms with Gasteiger partial charge in [0, 0.05) is 11.8 Å². The van der Waals surface area contributed by atoms with Crippen LogP contribution in [0, 0.1) is 11.6 Å². The molecule has 2 saturated heterocycles. The fourth-order valence-electron chi connectivity index (χ4n) is 4.02. The number of halogens is 4. The molecule has 2 aromatic rings. The van der Waals surface area contributed by atoms with Crippen molar-refractivity contribution in [2.45, 2.75) is 36.8 Å². The highest BCUT2D eigenvalue weighted by Gasteiger charge is 2.54. The number of nitrogens with one attached hydrogen (secondary N) is 2. The van der Waals surface area contributed by atoms with E-state index in [0.29, 0.717) is 31.4 Å². The summed E-state index contributed by atoms with van der Waals surface area (Å²) < 4.78 is 38.4. The molecule has 3 aliphatic rings. The summed E-state index contributed by atoms with van der Waals surface area (Å²) in [5, 5.41) is 5.56. The minimum Gasteiger partial charge on any atom is -0.484 e. The van der Waals surface area contributed by atoms with Crippen molar-refractivity contribution < 1.29 is 27.8 Å². The maximum atomic E-state index is 13.6. The lowest BCUT2D eigenvalue weighted by Gasteiger charge is -2.52. The van der Waals surface area contributed by atoms with E-state index in [4.69, 9.17) is 32.7 Å². The van der Waals surface area contributed by atoms with Gasteiger partial charge in [-0.15, -0.1) is 0 Å². The third-order valence-corrected chi connectivity index (χ3v) is 6.51. The normalized spacial score (nSPS) is 24.1. The molecule has 2 N–H and O–H groups in total. The van der Waals surface area contributed by atoms with Gasteiger partial charge in [0.1, 0.15) is 23.0 Å². The van der Waals surface area contributed by atoms with Crippen LogP contribution in [0.25, 0.3) is 0 Å². The molecule has 1 aliphatic carbocycles. The van der Waals surface area contributed by atoms with E-state index in [9.17, 15) is 18.4 Å². The minimum atomic E-state index is -1.03. The summed E-state index contributed by atoms with van der Waals surface area (Å²) in [6.45, 7) is -0.132. The zero-order valence-electron chi connectivity index (χ0n) is 16.9. The van der Waals surface area contributed by atoms with Crippen LogP contribution in [-0.4, -0.2) is 36.2 Å². The Morgan fingerprint density at radius 3 is 2.25 bits per heavy atom. The van der Waals surface area contributed by atoms with E-state index in [-0.39, 0.29) is 40.8 Å². The van der Waals surface area contributed by atoms with Crippen molar-refractivity contribution in [3.05, 3.63) is 58.1 Å². The van der Waals surface area contributed by atoms with Crippen molar-refractivity contribution in [2.24, 2.45) is 0 Å². The molecular formula is C22H20Cl2F2N2O4. The number of carbonyl (C=O) groups excluding carboxylic acids is 2. The molecule has 5 rings (SSSR count). The molecule has 0 aromatic heterocycles. The summed E-state index contributed by atoms with van der Waals surface area (Å²) in [5.74, 6) is -1.80. The Morgan fingerprint density at radius 1 is 1.00 bits per heavy atom. The van der Waals surface area contributed by atoms with Crippen LogP contribution in [0.4, 0.5) is 14.5 Å². The molecule has 0 unspecified atom stereocenters. The average molecular weight is 485 g/mol. The van der Waals surface area contributed by atoms with E-state index in [1.54, 1.807) is 0 Å². The van der Waals surface area contributed by atoms with E-state index < -0.39 is 22.8 Å². The zero-order chi connectivity index (χ0) is 22.9. The van der Waals surface area contributed by atoms with Crippen LogP contribution in [0.2, 0.25) is 10.0 Å². The van der Waals surface area contributed by atoms with Crippen LogP contribution < -0.4 is 15.4 Å². The second-order valence-corrected chi connectivity index (χ2v) is 8.87. The monoisotopic (exact) mass is 484 g/mol. The molecular weight excluding hydrogens is 465 g/mol. The zero-order valence-corrected chi connectivity index (χ0v) is 18.4. The fourth-order valence-corrected chi connectivity index (χ4v) is 4.25. The number of ether oxygens (including phenoxy) is 2. The van der Waals surface area contributed by atoms with Gasteiger partial charge in [0.2, 0.25) is 0 Å². The molecule has 10 heteroatoms. The number of benzene rings is 2. The van der Waals surface area contributed by atoms with Crippen LogP contribution >= 0.6 is 23.2 Å². The largest absolute Gasteiger partial charge is 0.484 e. The number of anilines is 1. The van der Waals surface area contributed by atoms with Crippen LogP contribution in [0.1, 0.15) is 25.7 Å². The average Bonchev–Trinajstić information content (AvgIpc) is 2.78. The van der Waals surface area contributed by atoms with Gasteiger partial charge in [-0.05, 0) is 56.0 Å². The first kappa shape index (κ1) is 22.8. The third-order valence-electron chi connectivity index (χ3n) is 5.90. The van der Waals surface area contributed by atoms with Gasteiger partial charge in [-0.1, -0.05) is 23.2 Å². The lowest BCUT2D eigenvalue weighted by atomic mass is 9.70. The quantitative estimate of drug-likeness (QED) is 0.633. The van der Waals surface area contributed by atoms with Crippen LogP contribution in [0.15, 0.2) is 36.4 Å². The second-order valence-electron chi connectivity index (χ2n) is 8.06. The van der Waals surface area contributed by atoms with Gasteiger partial charge in [-0.2, -0.15) is 0 Å². The Kier molecular flexibility index (Phi) is 6.29. The Morgan fingerprint density at radius 2 is 1.66 bits per heavy atom. The number of hydrogen-bond donors (Lipinski definition) is 2. The maximum absolute atomic E-state index is 13.6. The summed E-state index contributed by atoms with van der Waals surface area (Å²) in [6, 6.07) is 7.97. The number of rotatable bonds is 6. The van der Waals surface area contributed by atoms with Crippen molar-refractivity contribution in [2.75, 3.05) is 18.5 Å². The molecule has 0 atom stereocenters. The number of amides is 2. The van der Waals surface area contributed by atoms with Crippen molar-refractivity contribution in [3.8, 4) is 5.75 Å². The van der Waals surface area contributed by atoms with Gasteiger partial charge in [-0.3, -0.25) is 9.59 Å². The van der Waals surface area contributed by atoms with Crippen LogP contribution in [0.3, 0.4) is 0 Å². The summed E-state index contributed by atoms with van der Waals surface area (Å²) >= 11 is 11.3. The first-order valence-electron chi connectivity index (χ1n) is 10.00. The van der Waals surface area contributed by atoms with Crippen LogP contribution in [0.5, 0.6) is 5.75 Å². The molecule has 6 nitrogen and oxygen atoms in total. The molecule has 3 fully saturated rings. The number of carbonyl (C=O) groups is 2. The van der Waals surface area contributed by atoms with E-state index in [1.165, 1.54) is 24.3 Å². The van der Waals surface area contributed by atoms with Gasteiger partial charge in [-0.25, -0.2) is 8.78 Å². The van der Waals surface area contributed by atoms with Gasteiger partial charge in [0.05, 0.1) is 22.2 Å². The predicted octanol–water partition coefficient (Wildman–Crippen LogP) is 4.49. The van der Waals surface area contributed by atoms with Gasteiger partial charge in [0.25, 0.3) is 11.8 Å². The highest BCUT2D eigenvalue weighted by Crippen LogP contribution is 2.44. The van der Waals surface area contributed by atoms with Gasteiger partial charge >= 0.3 is 0 Å². The summed E-state index contributed by atoms with van der Waals surface area (Å²) in [7, 11) is 0. The Balaban J connectivity index is 1.31. The molecule has 2 aromatic carbocycles. The van der Waals surface area contributed by atoms with Gasteiger partial charge < -0.3 is 20.1 Å². The van der Waals surface area contributed by atoms with E-state index in [0.717, 1.165) is 12.1 Å². The molecule has 2 bridgehead atoms. The number of fused-ring (bicyclic) bond motifs is 3. The van der Waals surface area contributed by atoms with Gasteiger partial charge in [0.15, 0.2) is 6.61 Å². The van der Waals surface area contributed by atoms with Crippen molar-refractivity contribution in [1.29, 1.82) is 0 Å². The standard InChI is InChI=1S/C22H20Cl2F2N2O4/c23-15-3-1-13(9-17(15)25)27-20(30)22-7-5-21(6-8-22,12-32-22)28-19(29)11-31-14-2-4-16(24)18(26)10-14/h1-4,9-10H,5-8,11-12H2,(H,27,30)(H,28,29). The summed E-state index contributed by atoms with van der Waals surface area (Å²) in [6.07, 6.45) is 1.88. The topological polar surface area (TPSA) is 76.7 Å². The lowest BCUT2D eigenvalue weighted by molar-refractivity contribution is -0.177. The Labute approximate surface area is 193 Å². The first-order valence-corrected chi connectivity index (χ1v) is 10.8. The van der Waals surface area contributed by atoms with Crippen molar-refractivity contribution in [3.63, 3.8) is 0 Å². The Bertz CT molecular complexity index is 1040. The third kappa shape index (κ3) is 4.67. The molecule has 170 valence electrons. The smallest absolute Gasteiger partial charge is 0.258 e. The Hall–Kier alpha value is -2.42. The molecule has 32 heavy (non-hydrogen) atoms. The molecule has 0 radical (unpaired) electrons. The lowest BCUT2D eigenvalue weighted by Crippen LogP contribution is -2.66. The molecule has 2 aliphatic heterocycles. The molecule has 2 heterocycles. The summed E-state index contributed by atoms with van der Waals surface area (Å²) in [5.41, 5.74) is -1.33. The van der Waals surface area contributed by atoms with Crippen molar-refractivity contribution >= 4 is 40.7 Å². The predicted molar refractivity (Wildman–Crippen MR) is 115 cm³/mol. The molecule has 1 saturated carbocycles. The van der Waals surface area contributed by atoms with E-state index >= 15 is 0 Å². The highest BCUT2D eigenvalue weighted by atomic mass is 35.5. The molecule has 0 spiro atoms.